The Hall–Kier alpha value is -1.79. The molecule has 0 saturated heterocycles. The van der Waals surface area contributed by atoms with Gasteiger partial charge in [-0.3, -0.25) is 4.79 Å². The van der Waals surface area contributed by atoms with Crippen LogP contribution in [0.25, 0.3) is 0 Å². The van der Waals surface area contributed by atoms with Crippen molar-refractivity contribution in [2.75, 3.05) is 0 Å². The average molecular weight is 250 g/mol. The molecule has 0 bridgehead atoms. The second-order valence-corrected chi connectivity index (χ2v) is 3.20. The molecule has 0 fully saturated rings. The Morgan fingerprint density at radius 1 is 1.41 bits per heavy atom. The van der Waals surface area contributed by atoms with E-state index < -0.39 is 24.0 Å². The highest BCUT2D eigenvalue weighted by Gasteiger charge is 2.31. The van der Waals surface area contributed by atoms with Gasteiger partial charge in [0.25, 0.3) is 0 Å². The molecular formula is C10H8F4NO2. The van der Waals surface area contributed by atoms with Crippen LogP contribution in [0.2, 0.25) is 0 Å². The minimum absolute atomic E-state index is 0.116. The highest BCUT2D eigenvalue weighted by molar-refractivity contribution is 5.49. The molecule has 1 amide bonds. The van der Waals surface area contributed by atoms with Gasteiger partial charge in [0.2, 0.25) is 0 Å². The van der Waals surface area contributed by atoms with Gasteiger partial charge in [-0.15, -0.1) is 13.2 Å². The molecule has 0 spiro atoms. The van der Waals surface area contributed by atoms with Gasteiger partial charge >= 0.3 is 12.8 Å². The maximum Gasteiger partial charge on any atom is 0.573 e. The van der Waals surface area contributed by atoms with Crippen LogP contribution in [-0.2, 0) is 4.79 Å². The third-order valence-corrected chi connectivity index (χ3v) is 1.94. The van der Waals surface area contributed by atoms with Crippen molar-refractivity contribution < 1.29 is 27.1 Å². The smallest absolute Gasteiger partial charge is 0.406 e. The zero-order valence-electron chi connectivity index (χ0n) is 8.64. The Labute approximate surface area is 94.4 Å². The number of ether oxygens (including phenoxy) is 1. The number of halogens is 4. The van der Waals surface area contributed by atoms with E-state index >= 15 is 0 Å². The summed E-state index contributed by atoms with van der Waals surface area (Å²) in [6.45, 7) is 1.40. The average Bonchev–Trinajstić information content (AvgIpc) is 2.19. The Morgan fingerprint density at radius 2 is 2.06 bits per heavy atom. The van der Waals surface area contributed by atoms with Crippen LogP contribution in [-0.4, -0.2) is 12.8 Å². The van der Waals surface area contributed by atoms with Crippen LogP contribution in [0, 0.1) is 5.82 Å². The van der Waals surface area contributed by atoms with Crippen LogP contribution in [0.4, 0.5) is 17.6 Å². The van der Waals surface area contributed by atoms with Gasteiger partial charge in [-0.05, 0) is 25.1 Å². The van der Waals surface area contributed by atoms with Gasteiger partial charge in [-0.2, -0.15) is 0 Å². The molecule has 0 aliphatic rings. The lowest BCUT2D eigenvalue weighted by Gasteiger charge is -2.14. The van der Waals surface area contributed by atoms with Gasteiger partial charge in [-0.25, -0.2) is 4.39 Å². The van der Waals surface area contributed by atoms with Crippen molar-refractivity contribution in [3.63, 3.8) is 0 Å². The topological polar surface area (TPSA) is 38.3 Å². The van der Waals surface area contributed by atoms with E-state index in [9.17, 15) is 22.4 Å². The maximum atomic E-state index is 13.3. The number of nitrogens with one attached hydrogen (secondary N) is 1. The minimum Gasteiger partial charge on any atom is -0.406 e. The molecule has 7 heteroatoms. The van der Waals surface area contributed by atoms with Gasteiger partial charge in [0, 0.05) is 5.56 Å². The van der Waals surface area contributed by atoms with Crippen LogP contribution in [0.15, 0.2) is 18.2 Å². The van der Waals surface area contributed by atoms with Gasteiger partial charge < -0.3 is 10.1 Å². The normalized spacial score (nSPS) is 13.0. The lowest BCUT2D eigenvalue weighted by Crippen LogP contribution is -2.19. The van der Waals surface area contributed by atoms with E-state index in [0.29, 0.717) is 0 Å². The first-order valence-electron chi connectivity index (χ1n) is 4.51. The van der Waals surface area contributed by atoms with Crippen molar-refractivity contribution in [3.8, 4) is 5.75 Å². The monoisotopic (exact) mass is 250 g/mol. The van der Waals surface area contributed by atoms with Crippen molar-refractivity contribution in [2.45, 2.75) is 19.3 Å². The summed E-state index contributed by atoms with van der Waals surface area (Å²) < 4.78 is 52.7. The van der Waals surface area contributed by atoms with Crippen LogP contribution in [0.5, 0.6) is 5.75 Å². The Morgan fingerprint density at radius 3 is 2.59 bits per heavy atom. The molecule has 93 valence electrons. The second kappa shape index (κ2) is 5.03. The van der Waals surface area contributed by atoms with E-state index in [0.717, 1.165) is 18.2 Å². The highest BCUT2D eigenvalue weighted by atomic mass is 19.4. The molecule has 1 unspecified atom stereocenters. The van der Waals surface area contributed by atoms with Crippen molar-refractivity contribution in [1.29, 1.82) is 0 Å². The first-order valence-corrected chi connectivity index (χ1v) is 4.51. The summed E-state index contributed by atoms with van der Waals surface area (Å²) in [5.74, 6) is -1.29. The van der Waals surface area contributed by atoms with Crippen LogP contribution in [0.3, 0.4) is 0 Å². The van der Waals surface area contributed by atoms with E-state index in [2.05, 4.69) is 10.1 Å². The van der Waals surface area contributed by atoms with E-state index in [1.165, 1.54) is 13.3 Å². The number of amides is 1. The van der Waals surface area contributed by atoms with E-state index in [4.69, 9.17) is 0 Å². The van der Waals surface area contributed by atoms with Gasteiger partial charge in [0.1, 0.15) is 11.6 Å². The van der Waals surface area contributed by atoms with E-state index in [-0.39, 0.29) is 5.56 Å². The lowest BCUT2D eigenvalue weighted by molar-refractivity contribution is -0.274. The molecule has 17 heavy (non-hydrogen) atoms. The Balaban J connectivity index is 2.97. The largest absolute Gasteiger partial charge is 0.573 e. The molecule has 3 nitrogen and oxygen atoms in total. The SMILES string of the molecule is CC(N[C]=O)c1cc(OC(F)(F)F)ccc1F. The van der Waals surface area contributed by atoms with Crippen molar-refractivity contribution >= 4 is 6.41 Å². The zero-order valence-corrected chi connectivity index (χ0v) is 8.64. The van der Waals surface area contributed by atoms with E-state index in [1.54, 1.807) is 0 Å². The number of hydrogen-bond donors (Lipinski definition) is 1. The van der Waals surface area contributed by atoms with Crippen LogP contribution < -0.4 is 10.1 Å². The third-order valence-electron chi connectivity index (χ3n) is 1.94. The molecule has 1 radical (unpaired) electrons. The molecule has 1 N–H and O–H groups in total. The first kappa shape index (κ1) is 13.3. The fourth-order valence-electron chi connectivity index (χ4n) is 1.22. The first-order chi connectivity index (χ1) is 7.83. The summed E-state index contributed by atoms with van der Waals surface area (Å²) in [6, 6.07) is 1.75. The summed E-state index contributed by atoms with van der Waals surface area (Å²) in [7, 11) is 0. The molecular weight excluding hydrogens is 242 g/mol. The quantitative estimate of drug-likeness (QED) is 0.658. The fourth-order valence-corrected chi connectivity index (χ4v) is 1.22. The molecule has 1 atom stereocenters. The van der Waals surface area contributed by atoms with Crippen molar-refractivity contribution in [2.24, 2.45) is 0 Å². The van der Waals surface area contributed by atoms with Crippen LogP contribution >= 0.6 is 0 Å². The molecule has 1 aromatic rings. The van der Waals surface area contributed by atoms with Crippen LogP contribution in [0.1, 0.15) is 18.5 Å². The summed E-state index contributed by atoms with van der Waals surface area (Å²) in [4.78, 5) is 10.0. The number of hydrogen-bond acceptors (Lipinski definition) is 2. The third kappa shape index (κ3) is 3.93. The number of carbonyl (C=O) groups excluding carboxylic acids is 1. The molecule has 1 aromatic carbocycles. The summed E-state index contributed by atoms with van der Waals surface area (Å²) >= 11 is 0. The number of rotatable bonds is 4. The zero-order chi connectivity index (χ0) is 13.1. The molecule has 0 aromatic heterocycles. The maximum absolute atomic E-state index is 13.3. The molecule has 0 aliphatic heterocycles. The second-order valence-electron chi connectivity index (χ2n) is 3.20. The number of benzene rings is 1. The summed E-state index contributed by atoms with van der Waals surface area (Å²) in [5.41, 5.74) is -0.116. The molecule has 0 aliphatic carbocycles. The molecule has 0 saturated carbocycles. The van der Waals surface area contributed by atoms with Crippen molar-refractivity contribution in [1.82, 2.24) is 5.32 Å². The standard InChI is InChI=1S/C10H8F4NO2/c1-6(15-5-16)8-4-7(2-3-9(8)11)17-10(12,13)14/h2-4,6H,1H3,(H,15,16). The highest BCUT2D eigenvalue weighted by Crippen LogP contribution is 2.27. The fraction of sp³-hybridized carbons (Fsp3) is 0.300. The van der Waals surface area contributed by atoms with Gasteiger partial charge in [-0.1, -0.05) is 0 Å². The minimum atomic E-state index is -4.84. The Kier molecular flexibility index (Phi) is 3.93. The lowest BCUT2D eigenvalue weighted by atomic mass is 10.1. The summed E-state index contributed by atoms with van der Waals surface area (Å²) in [5, 5.41) is 2.11. The number of alkyl halides is 3. The molecule has 1 rings (SSSR count). The van der Waals surface area contributed by atoms with E-state index in [1.807, 2.05) is 0 Å². The predicted octanol–water partition coefficient (Wildman–Crippen LogP) is 2.44. The van der Waals surface area contributed by atoms with Gasteiger partial charge in [0.15, 0.2) is 0 Å². The molecule has 0 heterocycles. The summed E-state index contributed by atoms with van der Waals surface area (Å²) in [6.07, 6.45) is -3.51. The van der Waals surface area contributed by atoms with Crippen molar-refractivity contribution in [3.05, 3.63) is 29.6 Å². The van der Waals surface area contributed by atoms with Gasteiger partial charge in [0.05, 0.1) is 6.04 Å². The Bertz CT molecular complexity index is 406. The predicted molar refractivity (Wildman–Crippen MR) is 50.3 cm³/mol.